The Morgan fingerprint density at radius 2 is 1.41 bits per heavy atom. The highest BCUT2D eigenvalue weighted by Crippen LogP contribution is 2.13. The normalized spacial score (nSPS) is 17.8. The molecule has 5 heteroatoms. The zero-order valence-electron chi connectivity index (χ0n) is 22.6. The summed E-state index contributed by atoms with van der Waals surface area (Å²) in [4.78, 5) is 2.41. The molecule has 3 unspecified atom stereocenters. The highest BCUT2D eigenvalue weighted by atomic mass is 16.7. The van der Waals surface area contributed by atoms with Crippen molar-refractivity contribution in [1.29, 1.82) is 0 Å². The summed E-state index contributed by atoms with van der Waals surface area (Å²) < 4.78 is 17.4. The lowest BCUT2D eigenvalue weighted by molar-refractivity contribution is -0.193. The molecule has 0 aromatic rings. The Morgan fingerprint density at radius 1 is 0.794 bits per heavy atom. The Hall–Kier alpha value is -0.720. The van der Waals surface area contributed by atoms with E-state index in [1.54, 1.807) is 6.92 Å². The number of unbranched alkanes of at least 4 members (excludes halogenated alkanes) is 9. The summed E-state index contributed by atoms with van der Waals surface area (Å²) in [7, 11) is 0. The van der Waals surface area contributed by atoms with Crippen molar-refractivity contribution in [1.82, 2.24) is 4.90 Å². The minimum absolute atomic E-state index is 0.0708. The molecule has 0 saturated carbocycles. The van der Waals surface area contributed by atoms with Gasteiger partial charge in [0.25, 0.3) is 0 Å². The first-order chi connectivity index (χ1) is 16.6. The van der Waals surface area contributed by atoms with Crippen LogP contribution in [0.4, 0.5) is 0 Å². The van der Waals surface area contributed by atoms with Gasteiger partial charge < -0.3 is 24.2 Å². The number of allylic oxidation sites excluding steroid dienone is 4. The molecule has 0 aromatic heterocycles. The third-order valence-corrected chi connectivity index (χ3v) is 6.27. The first-order valence-electron chi connectivity index (χ1n) is 14.2. The zero-order chi connectivity index (χ0) is 24.7. The van der Waals surface area contributed by atoms with E-state index in [4.69, 9.17) is 14.2 Å². The number of nitrogens with zero attached hydrogens (tertiary/aromatic N) is 1. The van der Waals surface area contributed by atoms with Gasteiger partial charge in [0.1, 0.15) is 0 Å². The van der Waals surface area contributed by atoms with Crippen molar-refractivity contribution in [3.05, 3.63) is 24.3 Å². The standard InChI is InChI=1S/C29H55NO4/c1-4-5-6-7-8-9-10-11-12-13-14-15-16-17-18-21-24-32-28(3)34-29(26-33-27(2)31)25-30-22-19-20-23-30/h8-9,11-12,27-29,31H,4-7,10,13-26H2,1-3H3/b9-8-,12-11-. The molecule has 1 aliphatic rings. The third-order valence-electron chi connectivity index (χ3n) is 6.27. The van der Waals surface area contributed by atoms with Crippen LogP contribution >= 0.6 is 0 Å². The molecule has 3 atom stereocenters. The van der Waals surface area contributed by atoms with E-state index in [1.807, 2.05) is 6.92 Å². The fourth-order valence-electron chi connectivity index (χ4n) is 4.28. The molecule has 200 valence electrons. The Kier molecular flexibility index (Phi) is 20.9. The second kappa shape index (κ2) is 22.7. The van der Waals surface area contributed by atoms with Gasteiger partial charge in [-0.15, -0.1) is 0 Å². The molecule has 0 aliphatic carbocycles. The predicted octanol–water partition coefficient (Wildman–Crippen LogP) is 7.00. The van der Waals surface area contributed by atoms with Crippen LogP contribution in [0.2, 0.25) is 0 Å². The third kappa shape index (κ3) is 19.6. The molecule has 1 aliphatic heterocycles. The van der Waals surface area contributed by atoms with Crippen molar-refractivity contribution in [2.24, 2.45) is 0 Å². The summed E-state index contributed by atoms with van der Waals surface area (Å²) in [6.45, 7) is 10.1. The van der Waals surface area contributed by atoms with Crippen LogP contribution in [0.25, 0.3) is 0 Å². The van der Waals surface area contributed by atoms with E-state index in [9.17, 15) is 5.11 Å². The number of rotatable bonds is 23. The average molecular weight is 482 g/mol. The van der Waals surface area contributed by atoms with E-state index in [0.717, 1.165) is 39.1 Å². The number of ether oxygens (including phenoxy) is 3. The predicted molar refractivity (Wildman–Crippen MR) is 143 cm³/mol. The van der Waals surface area contributed by atoms with Gasteiger partial charge in [-0.1, -0.05) is 69.8 Å². The maximum absolute atomic E-state index is 9.43. The lowest BCUT2D eigenvalue weighted by Crippen LogP contribution is -2.38. The van der Waals surface area contributed by atoms with Crippen molar-refractivity contribution >= 4 is 0 Å². The smallest absolute Gasteiger partial charge is 0.155 e. The second-order valence-electron chi connectivity index (χ2n) is 9.72. The highest BCUT2D eigenvalue weighted by Gasteiger charge is 2.21. The maximum atomic E-state index is 9.43. The zero-order valence-corrected chi connectivity index (χ0v) is 22.6. The lowest BCUT2D eigenvalue weighted by atomic mass is 10.1. The topological polar surface area (TPSA) is 51.2 Å². The van der Waals surface area contributed by atoms with Crippen LogP contribution in [0.3, 0.4) is 0 Å². The molecule has 1 saturated heterocycles. The molecule has 0 amide bonds. The number of hydrogen-bond acceptors (Lipinski definition) is 5. The van der Waals surface area contributed by atoms with Crippen LogP contribution < -0.4 is 0 Å². The fraction of sp³-hybridized carbons (Fsp3) is 0.862. The van der Waals surface area contributed by atoms with Crippen molar-refractivity contribution in [2.45, 2.75) is 129 Å². The number of hydrogen-bond donors (Lipinski definition) is 1. The van der Waals surface area contributed by atoms with Crippen molar-refractivity contribution in [3.8, 4) is 0 Å². The summed E-state index contributed by atoms with van der Waals surface area (Å²) in [6.07, 6.45) is 25.7. The molecule has 1 rings (SSSR count). The van der Waals surface area contributed by atoms with Crippen LogP contribution in [0.5, 0.6) is 0 Å². The van der Waals surface area contributed by atoms with Crippen LogP contribution in [-0.4, -0.2) is 61.5 Å². The molecule has 5 nitrogen and oxygen atoms in total. The van der Waals surface area contributed by atoms with Gasteiger partial charge in [0.15, 0.2) is 12.6 Å². The molecule has 1 N–H and O–H groups in total. The second-order valence-corrected chi connectivity index (χ2v) is 9.72. The van der Waals surface area contributed by atoms with Crippen LogP contribution in [0.15, 0.2) is 24.3 Å². The van der Waals surface area contributed by atoms with E-state index in [2.05, 4.69) is 36.1 Å². The van der Waals surface area contributed by atoms with E-state index >= 15 is 0 Å². The van der Waals surface area contributed by atoms with Gasteiger partial charge in [-0.05, 0) is 78.3 Å². The first kappa shape index (κ1) is 31.3. The number of aliphatic hydroxyl groups excluding tert-OH is 1. The van der Waals surface area contributed by atoms with Gasteiger partial charge in [-0.25, -0.2) is 0 Å². The fourth-order valence-corrected chi connectivity index (χ4v) is 4.28. The summed E-state index contributed by atoms with van der Waals surface area (Å²) >= 11 is 0. The first-order valence-corrected chi connectivity index (χ1v) is 14.2. The summed E-state index contributed by atoms with van der Waals surface area (Å²) in [5, 5.41) is 9.43. The minimum atomic E-state index is -0.765. The number of likely N-dealkylation sites (tertiary alicyclic amines) is 1. The van der Waals surface area contributed by atoms with Gasteiger partial charge in [0.05, 0.1) is 12.7 Å². The SMILES string of the molecule is CCCCC/C=C\C/C=C\CCCCCCCCOC(C)OC(COC(C)O)CN1CCCC1. The van der Waals surface area contributed by atoms with Gasteiger partial charge in [0.2, 0.25) is 0 Å². The monoisotopic (exact) mass is 481 g/mol. The van der Waals surface area contributed by atoms with Crippen LogP contribution in [0.1, 0.15) is 111 Å². The Labute approximate surface area is 210 Å². The van der Waals surface area contributed by atoms with Gasteiger partial charge in [-0.2, -0.15) is 0 Å². The Bertz CT molecular complexity index is 489. The molecular formula is C29H55NO4. The van der Waals surface area contributed by atoms with E-state index in [0.29, 0.717) is 6.61 Å². The average Bonchev–Trinajstić information content (AvgIpc) is 3.32. The van der Waals surface area contributed by atoms with Gasteiger partial charge in [-0.3, -0.25) is 0 Å². The van der Waals surface area contributed by atoms with E-state index in [-0.39, 0.29) is 12.4 Å². The van der Waals surface area contributed by atoms with Crippen molar-refractivity contribution in [2.75, 3.05) is 32.8 Å². The molecule has 0 aromatic carbocycles. The largest absolute Gasteiger partial charge is 0.368 e. The molecule has 0 bridgehead atoms. The molecule has 1 heterocycles. The van der Waals surface area contributed by atoms with Crippen LogP contribution in [0, 0.1) is 0 Å². The lowest BCUT2D eigenvalue weighted by Gasteiger charge is -2.27. The summed E-state index contributed by atoms with van der Waals surface area (Å²) in [5.41, 5.74) is 0. The van der Waals surface area contributed by atoms with E-state index < -0.39 is 6.29 Å². The Balaban J connectivity index is 1.96. The van der Waals surface area contributed by atoms with Crippen LogP contribution in [-0.2, 0) is 14.2 Å². The Morgan fingerprint density at radius 3 is 2.06 bits per heavy atom. The maximum Gasteiger partial charge on any atom is 0.155 e. The molecule has 0 spiro atoms. The quantitative estimate of drug-likeness (QED) is 0.0967. The molecule has 1 fully saturated rings. The van der Waals surface area contributed by atoms with Gasteiger partial charge >= 0.3 is 0 Å². The summed E-state index contributed by atoms with van der Waals surface area (Å²) in [6, 6.07) is 0. The molecule has 34 heavy (non-hydrogen) atoms. The summed E-state index contributed by atoms with van der Waals surface area (Å²) in [5.74, 6) is 0. The minimum Gasteiger partial charge on any atom is -0.368 e. The van der Waals surface area contributed by atoms with Crippen molar-refractivity contribution in [3.63, 3.8) is 0 Å². The van der Waals surface area contributed by atoms with Gasteiger partial charge in [0, 0.05) is 13.2 Å². The molecular weight excluding hydrogens is 426 g/mol. The highest BCUT2D eigenvalue weighted by molar-refractivity contribution is 4.92. The van der Waals surface area contributed by atoms with E-state index in [1.165, 1.54) is 77.0 Å². The number of aliphatic hydroxyl groups is 1. The van der Waals surface area contributed by atoms with Crippen molar-refractivity contribution < 1.29 is 19.3 Å². The molecule has 0 radical (unpaired) electrons.